The first-order chi connectivity index (χ1) is 14.8. The maximum absolute atomic E-state index is 12.3. The third-order valence-corrected chi connectivity index (χ3v) is 4.74. The van der Waals surface area contributed by atoms with Crippen LogP contribution in [0.3, 0.4) is 0 Å². The van der Waals surface area contributed by atoms with Gasteiger partial charge in [0.25, 0.3) is 0 Å². The summed E-state index contributed by atoms with van der Waals surface area (Å²) in [7, 11) is 0. The molecule has 5 rings (SSSR count). The van der Waals surface area contributed by atoms with Crippen molar-refractivity contribution in [2.75, 3.05) is 13.2 Å². The first-order valence-electron chi connectivity index (χ1n) is 9.52. The molecule has 1 aliphatic heterocycles. The minimum atomic E-state index is -0.419. The topological polar surface area (TPSA) is 75.7 Å². The molecule has 0 bridgehead atoms. The third kappa shape index (κ3) is 3.65. The summed E-state index contributed by atoms with van der Waals surface area (Å²) in [6, 6.07) is 18.4. The van der Waals surface area contributed by atoms with Crippen LogP contribution < -0.4 is 9.47 Å². The maximum atomic E-state index is 12.3. The van der Waals surface area contributed by atoms with Crippen LogP contribution in [0.25, 0.3) is 17.0 Å². The van der Waals surface area contributed by atoms with E-state index < -0.39 is 5.97 Å². The van der Waals surface area contributed by atoms with Crippen molar-refractivity contribution in [3.05, 3.63) is 84.3 Å². The molecule has 0 aliphatic carbocycles. The summed E-state index contributed by atoms with van der Waals surface area (Å²) < 4.78 is 23.8. The van der Waals surface area contributed by atoms with E-state index in [9.17, 15) is 4.79 Å². The Balaban J connectivity index is 1.23. The van der Waals surface area contributed by atoms with Gasteiger partial charge in [0.1, 0.15) is 25.5 Å². The van der Waals surface area contributed by atoms with Crippen LogP contribution >= 0.6 is 0 Å². The molecule has 0 spiro atoms. The van der Waals surface area contributed by atoms with Gasteiger partial charge in [-0.05, 0) is 54.6 Å². The Morgan fingerprint density at radius 2 is 1.73 bits per heavy atom. The van der Waals surface area contributed by atoms with Gasteiger partial charge in [-0.1, -0.05) is 5.16 Å². The van der Waals surface area contributed by atoms with Gasteiger partial charge in [-0.25, -0.2) is 4.79 Å². The highest BCUT2D eigenvalue weighted by Crippen LogP contribution is 2.34. The van der Waals surface area contributed by atoms with Crippen molar-refractivity contribution in [2.24, 2.45) is 0 Å². The van der Waals surface area contributed by atoms with Crippen molar-refractivity contribution in [2.45, 2.75) is 6.61 Å². The van der Waals surface area contributed by atoms with E-state index in [0.29, 0.717) is 41.7 Å². The molecule has 150 valence electrons. The molecule has 0 amide bonds. The van der Waals surface area contributed by atoms with Crippen LogP contribution in [0.15, 0.2) is 77.6 Å². The summed E-state index contributed by atoms with van der Waals surface area (Å²) in [5, 5.41) is 3.99. The highest BCUT2D eigenvalue weighted by Gasteiger charge is 2.15. The monoisotopic (exact) mass is 402 g/mol. The number of fused-ring (bicyclic) bond motifs is 1. The van der Waals surface area contributed by atoms with Crippen LogP contribution in [0, 0.1) is 0 Å². The van der Waals surface area contributed by atoms with Gasteiger partial charge in [0.05, 0.1) is 5.56 Å². The number of carbonyl (C=O) groups is 1. The summed E-state index contributed by atoms with van der Waals surface area (Å²) in [6.07, 6.45) is 3.88. The zero-order valence-corrected chi connectivity index (χ0v) is 16.0. The molecule has 0 atom stereocenters. The molecule has 0 N–H and O–H groups in total. The fourth-order valence-electron chi connectivity index (χ4n) is 3.21. The number of esters is 1. The van der Waals surface area contributed by atoms with Crippen LogP contribution in [0.2, 0.25) is 0 Å². The Bertz CT molecular complexity index is 1160. The zero-order valence-electron chi connectivity index (χ0n) is 16.0. The lowest BCUT2D eigenvalue weighted by atomic mass is 10.1. The van der Waals surface area contributed by atoms with Gasteiger partial charge in [-0.15, -0.1) is 0 Å². The number of hydrogen-bond donors (Lipinski definition) is 0. The summed E-state index contributed by atoms with van der Waals surface area (Å²) in [4.78, 5) is 12.3. The predicted molar refractivity (Wildman–Crippen MR) is 108 cm³/mol. The lowest BCUT2D eigenvalue weighted by Crippen LogP contribution is -2.15. The largest absolute Gasteiger partial charge is 0.486 e. The first kappa shape index (κ1) is 18.1. The molecule has 1 aliphatic rings. The number of carbonyl (C=O) groups excluding carboxylic acids is 1. The summed E-state index contributed by atoms with van der Waals surface area (Å²) >= 11 is 0. The van der Waals surface area contributed by atoms with Crippen molar-refractivity contribution in [1.82, 2.24) is 9.72 Å². The Hall–Kier alpha value is -4.00. The van der Waals surface area contributed by atoms with E-state index in [1.54, 1.807) is 18.2 Å². The quantitative estimate of drug-likeness (QED) is 0.464. The Kier molecular flexibility index (Phi) is 4.69. The summed E-state index contributed by atoms with van der Waals surface area (Å²) in [5.74, 6) is 1.53. The molecule has 0 radical (unpaired) electrons. The SMILES string of the molecule is O=C(OCc1cc(-c2ccc3c(c2)OCCO3)on1)c1ccc(-n2cccc2)cc1. The van der Waals surface area contributed by atoms with Crippen molar-refractivity contribution < 1.29 is 23.5 Å². The Morgan fingerprint density at radius 1 is 0.967 bits per heavy atom. The molecular formula is C23H18N2O5. The normalized spacial score (nSPS) is 12.5. The minimum Gasteiger partial charge on any atom is -0.486 e. The van der Waals surface area contributed by atoms with Crippen molar-refractivity contribution >= 4 is 5.97 Å². The number of aromatic nitrogens is 2. The number of rotatable bonds is 5. The van der Waals surface area contributed by atoms with E-state index in [0.717, 1.165) is 11.3 Å². The third-order valence-electron chi connectivity index (χ3n) is 4.74. The fourth-order valence-corrected chi connectivity index (χ4v) is 3.21. The standard InChI is InChI=1S/C23H18N2O5/c26-23(16-3-6-19(7-4-16)25-9-1-2-10-25)29-15-18-14-21(30-24-18)17-5-8-20-22(13-17)28-12-11-27-20/h1-10,13-14H,11-12,15H2. The van der Waals surface area contributed by atoms with Gasteiger partial charge in [-0.3, -0.25) is 0 Å². The van der Waals surface area contributed by atoms with E-state index >= 15 is 0 Å². The van der Waals surface area contributed by atoms with Gasteiger partial charge in [0.2, 0.25) is 0 Å². The van der Waals surface area contributed by atoms with Crippen molar-refractivity contribution in [3.8, 4) is 28.5 Å². The maximum Gasteiger partial charge on any atom is 0.338 e. The zero-order chi connectivity index (χ0) is 20.3. The number of nitrogens with zero attached hydrogens (tertiary/aromatic N) is 2. The molecule has 0 saturated heterocycles. The predicted octanol–water partition coefficient (Wildman–Crippen LogP) is 4.26. The van der Waals surface area contributed by atoms with Crippen molar-refractivity contribution in [1.29, 1.82) is 0 Å². The first-order valence-corrected chi connectivity index (χ1v) is 9.52. The average Bonchev–Trinajstić information content (AvgIpc) is 3.50. The number of hydrogen-bond acceptors (Lipinski definition) is 6. The smallest absolute Gasteiger partial charge is 0.338 e. The van der Waals surface area contributed by atoms with Crippen LogP contribution in [-0.2, 0) is 11.3 Å². The van der Waals surface area contributed by atoms with Gasteiger partial charge in [-0.2, -0.15) is 0 Å². The lowest BCUT2D eigenvalue weighted by molar-refractivity contribution is 0.0464. The van der Waals surface area contributed by atoms with Crippen LogP contribution in [-0.4, -0.2) is 28.9 Å². The number of ether oxygens (including phenoxy) is 3. The Morgan fingerprint density at radius 3 is 2.53 bits per heavy atom. The molecule has 7 nitrogen and oxygen atoms in total. The Labute approximate surface area is 172 Å². The molecule has 3 heterocycles. The molecule has 4 aromatic rings. The summed E-state index contributed by atoms with van der Waals surface area (Å²) in [5.41, 5.74) is 2.78. The molecular weight excluding hydrogens is 384 g/mol. The average molecular weight is 402 g/mol. The van der Waals surface area contributed by atoms with Crippen LogP contribution in [0.1, 0.15) is 16.1 Å². The summed E-state index contributed by atoms with van der Waals surface area (Å²) in [6.45, 7) is 1.08. The fraction of sp³-hybridized carbons (Fsp3) is 0.130. The van der Waals surface area contributed by atoms with Gasteiger partial charge in [0, 0.05) is 29.7 Å². The van der Waals surface area contributed by atoms with E-state index in [4.69, 9.17) is 18.7 Å². The second-order valence-corrected chi connectivity index (χ2v) is 6.75. The van der Waals surface area contributed by atoms with E-state index in [2.05, 4.69) is 5.16 Å². The highest BCUT2D eigenvalue weighted by atomic mass is 16.6. The second-order valence-electron chi connectivity index (χ2n) is 6.75. The highest BCUT2D eigenvalue weighted by molar-refractivity contribution is 5.89. The molecule has 30 heavy (non-hydrogen) atoms. The molecule has 2 aromatic carbocycles. The molecule has 7 heteroatoms. The van der Waals surface area contributed by atoms with E-state index in [1.165, 1.54) is 0 Å². The van der Waals surface area contributed by atoms with Crippen LogP contribution in [0.4, 0.5) is 0 Å². The van der Waals surface area contributed by atoms with Gasteiger partial charge in [0.15, 0.2) is 17.3 Å². The molecule has 0 fully saturated rings. The second kappa shape index (κ2) is 7.79. The van der Waals surface area contributed by atoms with Gasteiger partial charge >= 0.3 is 5.97 Å². The van der Waals surface area contributed by atoms with Crippen molar-refractivity contribution in [3.63, 3.8) is 0 Å². The minimum absolute atomic E-state index is 0.0201. The van der Waals surface area contributed by atoms with E-state index in [-0.39, 0.29) is 6.61 Å². The van der Waals surface area contributed by atoms with E-state index in [1.807, 2.05) is 59.4 Å². The molecule has 2 aromatic heterocycles. The van der Waals surface area contributed by atoms with Crippen LogP contribution in [0.5, 0.6) is 11.5 Å². The molecule has 0 saturated carbocycles. The van der Waals surface area contributed by atoms with Gasteiger partial charge < -0.3 is 23.3 Å². The lowest BCUT2D eigenvalue weighted by Gasteiger charge is -2.18. The number of benzene rings is 2. The molecule has 0 unspecified atom stereocenters.